The summed E-state index contributed by atoms with van der Waals surface area (Å²) in [6, 6.07) is 4.72. The maximum absolute atomic E-state index is 14.7. The van der Waals surface area contributed by atoms with Crippen LogP contribution in [0.5, 0.6) is 0 Å². The minimum absolute atomic E-state index is 0.0681. The van der Waals surface area contributed by atoms with Gasteiger partial charge in [-0.2, -0.15) is 23.5 Å². The summed E-state index contributed by atoms with van der Waals surface area (Å²) < 4.78 is 48.6. The second-order valence-electron chi connectivity index (χ2n) is 9.90. The molecule has 2 aromatic heterocycles. The Hall–Kier alpha value is -2.79. The van der Waals surface area contributed by atoms with Crippen LogP contribution in [0.3, 0.4) is 0 Å². The molecule has 1 aromatic carbocycles. The summed E-state index contributed by atoms with van der Waals surface area (Å²) in [5, 5.41) is 12.6. The number of para-hydroxylation sites is 1. The Morgan fingerprint density at radius 1 is 1.17 bits per heavy atom. The number of fused-ring (bicyclic) bond motifs is 1. The number of hydrogen-bond acceptors (Lipinski definition) is 6. The van der Waals surface area contributed by atoms with Crippen LogP contribution >= 0.6 is 0 Å². The van der Waals surface area contributed by atoms with Crippen molar-refractivity contribution in [2.24, 2.45) is 0 Å². The van der Waals surface area contributed by atoms with Gasteiger partial charge in [-0.1, -0.05) is 26.0 Å². The summed E-state index contributed by atoms with van der Waals surface area (Å²) in [4.78, 5) is 17.2. The van der Waals surface area contributed by atoms with E-state index in [1.165, 1.54) is 10.7 Å². The number of alkyl halides is 2. The van der Waals surface area contributed by atoms with Crippen molar-refractivity contribution >= 4 is 16.8 Å². The lowest BCUT2D eigenvalue weighted by atomic mass is 9.90. The van der Waals surface area contributed by atoms with Crippen LogP contribution in [0.2, 0.25) is 0 Å². The van der Waals surface area contributed by atoms with E-state index in [0.717, 1.165) is 18.8 Å². The number of piperidine rings is 2. The van der Waals surface area contributed by atoms with Gasteiger partial charge in [-0.05, 0) is 17.1 Å². The topological polar surface area (TPSA) is 85.8 Å². The highest BCUT2D eigenvalue weighted by atomic mass is 19.3. The van der Waals surface area contributed by atoms with E-state index in [4.69, 9.17) is 4.52 Å². The van der Waals surface area contributed by atoms with Crippen molar-refractivity contribution in [3.8, 4) is 5.95 Å². The third-order valence-electron chi connectivity index (χ3n) is 7.59. The van der Waals surface area contributed by atoms with Gasteiger partial charge in [0.15, 0.2) is 0 Å². The Kier molecular flexibility index (Phi) is 6.39. The molecular weight excluding hydrogens is 461 g/mol. The third-order valence-corrected chi connectivity index (χ3v) is 7.59. The Morgan fingerprint density at radius 3 is 2.54 bits per heavy atom. The number of aromatic nitrogens is 4. The van der Waals surface area contributed by atoms with Crippen molar-refractivity contribution in [1.82, 2.24) is 25.2 Å². The Bertz CT molecular complexity index is 1210. The van der Waals surface area contributed by atoms with Crippen LogP contribution in [0.25, 0.3) is 16.9 Å². The molecule has 35 heavy (non-hydrogen) atoms. The Morgan fingerprint density at radius 2 is 1.89 bits per heavy atom. The average molecular weight is 492 g/mol. The van der Waals surface area contributed by atoms with E-state index in [1.807, 2.05) is 19.9 Å². The molecule has 0 saturated carbocycles. The fourth-order valence-electron chi connectivity index (χ4n) is 5.74. The van der Waals surface area contributed by atoms with Crippen molar-refractivity contribution in [3.05, 3.63) is 35.6 Å². The van der Waals surface area contributed by atoms with Crippen LogP contribution < -0.4 is 5.32 Å². The monoisotopic (exact) mass is 491 g/mol. The molecule has 0 atom stereocenters. The summed E-state index contributed by atoms with van der Waals surface area (Å²) in [5.41, 5.74) is 1.02. The highest BCUT2D eigenvalue weighted by Gasteiger charge is 2.51. The zero-order chi connectivity index (χ0) is 24.7. The molecule has 0 aliphatic carbocycles. The van der Waals surface area contributed by atoms with Gasteiger partial charge >= 0.3 is 12.3 Å². The molecular formula is C24H30F3N6O2+. The largest absolute Gasteiger partial charge is 0.380 e. The van der Waals surface area contributed by atoms with E-state index in [-0.39, 0.29) is 33.8 Å². The molecule has 0 bridgehead atoms. The molecule has 188 valence electrons. The van der Waals surface area contributed by atoms with Gasteiger partial charge in [-0.3, -0.25) is 4.48 Å². The Balaban J connectivity index is 1.40. The molecule has 0 radical (unpaired) electrons. The average Bonchev–Trinajstić information content (AvgIpc) is 3.50. The van der Waals surface area contributed by atoms with E-state index in [0.29, 0.717) is 50.0 Å². The normalized spacial score (nSPS) is 24.0. The van der Waals surface area contributed by atoms with Gasteiger partial charge in [-0.15, -0.1) is 0 Å². The molecule has 8 nitrogen and oxygen atoms in total. The number of amides is 1. The van der Waals surface area contributed by atoms with Crippen molar-refractivity contribution in [2.45, 2.75) is 63.8 Å². The van der Waals surface area contributed by atoms with E-state index in [2.05, 4.69) is 20.6 Å². The summed E-state index contributed by atoms with van der Waals surface area (Å²) >= 11 is 0. The zero-order valence-electron chi connectivity index (χ0n) is 19.9. The lowest BCUT2D eigenvalue weighted by Gasteiger charge is -2.47. The van der Waals surface area contributed by atoms with Crippen molar-refractivity contribution in [3.63, 3.8) is 0 Å². The summed E-state index contributed by atoms with van der Waals surface area (Å²) in [6.07, 6.45) is -0.631. The second kappa shape index (κ2) is 9.34. The molecule has 3 aromatic rings. The molecule has 2 fully saturated rings. The van der Waals surface area contributed by atoms with E-state index < -0.39 is 18.1 Å². The first-order valence-electron chi connectivity index (χ1n) is 12.2. The summed E-state index contributed by atoms with van der Waals surface area (Å²) in [5.74, 6) is -1.01. The minimum Gasteiger partial charge on any atom is -0.337 e. The fourth-order valence-corrected chi connectivity index (χ4v) is 5.74. The maximum Gasteiger partial charge on any atom is 0.380 e. The maximum atomic E-state index is 14.7. The molecule has 1 amide bonds. The van der Waals surface area contributed by atoms with Gasteiger partial charge in [0.1, 0.15) is 11.3 Å². The van der Waals surface area contributed by atoms with Crippen LogP contribution in [0, 0.1) is 5.82 Å². The van der Waals surface area contributed by atoms with Gasteiger partial charge in [0.2, 0.25) is 5.89 Å². The molecule has 5 rings (SSSR count). The number of likely N-dealkylation sites (tertiary alicyclic amines) is 1. The van der Waals surface area contributed by atoms with Crippen LogP contribution in [0.1, 0.15) is 63.0 Å². The van der Waals surface area contributed by atoms with Crippen molar-refractivity contribution < 1.29 is 27.0 Å². The van der Waals surface area contributed by atoms with Crippen LogP contribution in [-0.4, -0.2) is 69.0 Å². The molecule has 4 heterocycles. The van der Waals surface area contributed by atoms with Crippen LogP contribution in [0.4, 0.5) is 13.2 Å². The lowest BCUT2D eigenvalue weighted by molar-refractivity contribution is -0.888. The molecule has 0 unspecified atom stereocenters. The quantitative estimate of drug-likeness (QED) is 0.545. The molecule has 2 aliphatic heterocycles. The van der Waals surface area contributed by atoms with Gasteiger partial charge in [0.25, 0.3) is 5.95 Å². The predicted octanol–water partition coefficient (Wildman–Crippen LogP) is 3.91. The number of hydrogen-bond donors (Lipinski definition) is 1. The molecule has 2 aliphatic rings. The van der Waals surface area contributed by atoms with E-state index in [9.17, 15) is 18.0 Å². The zero-order valence-corrected chi connectivity index (χ0v) is 19.9. The molecule has 1 N–H and O–H groups in total. The van der Waals surface area contributed by atoms with Gasteiger partial charge in [-0.25, -0.2) is 9.18 Å². The smallest absolute Gasteiger partial charge is 0.337 e. The summed E-state index contributed by atoms with van der Waals surface area (Å²) in [7, 11) is 0. The standard InChI is InChI=1S/C24H30F3N6O2/c1-14(2)19-17-4-3-5-18(25)20(17)32(30-19)24-29-22(35-31-24)15-8-12-33(13-9-15,23(34)21(26)27)16-6-10-28-11-7-16/h3-5,14-16,21,28H,6-13H2,1-2H3/q+1. The first-order valence-corrected chi connectivity index (χ1v) is 12.2. The van der Waals surface area contributed by atoms with Gasteiger partial charge in [0, 0.05) is 50.1 Å². The first kappa shape index (κ1) is 23.9. The summed E-state index contributed by atoms with van der Waals surface area (Å²) in [6.45, 7) is 6.04. The van der Waals surface area contributed by atoms with Crippen molar-refractivity contribution in [1.29, 1.82) is 0 Å². The predicted molar refractivity (Wildman–Crippen MR) is 122 cm³/mol. The van der Waals surface area contributed by atoms with Crippen molar-refractivity contribution in [2.75, 3.05) is 26.2 Å². The number of quaternary nitrogens is 1. The SMILES string of the molecule is CC(C)c1nn(-c2noc(C3CC[N+](C(=O)C(F)F)(C4CCNCC4)CC3)n2)c2c(F)cccc12. The van der Waals surface area contributed by atoms with E-state index in [1.54, 1.807) is 6.07 Å². The number of carbonyl (C=O) groups excluding carboxylic acids is 1. The highest BCUT2D eigenvalue weighted by Crippen LogP contribution is 2.37. The third kappa shape index (κ3) is 4.14. The fraction of sp³-hybridized carbons (Fsp3) is 0.583. The van der Waals surface area contributed by atoms with Gasteiger partial charge < -0.3 is 9.84 Å². The molecule has 2 saturated heterocycles. The number of benzene rings is 1. The van der Waals surface area contributed by atoms with Gasteiger partial charge in [0.05, 0.1) is 24.8 Å². The number of rotatable bonds is 5. The lowest BCUT2D eigenvalue weighted by Crippen LogP contribution is -2.65. The number of nitrogens with one attached hydrogen (secondary N) is 1. The minimum atomic E-state index is -2.99. The van der Waals surface area contributed by atoms with Crippen LogP contribution in [-0.2, 0) is 4.79 Å². The molecule has 11 heteroatoms. The first-order chi connectivity index (χ1) is 16.8. The van der Waals surface area contributed by atoms with Crippen LogP contribution in [0.15, 0.2) is 22.7 Å². The number of carbonyl (C=O) groups is 1. The Labute approximate surface area is 201 Å². The van der Waals surface area contributed by atoms with E-state index >= 15 is 0 Å². The second-order valence-corrected chi connectivity index (χ2v) is 9.90. The highest BCUT2D eigenvalue weighted by molar-refractivity contribution is 5.84. The number of halogens is 3. The molecule has 0 spiro atoms. The number of nitrogens with zero attached hydrogens (tertiary/aromatic N) is 5.